The predicted molar refractivity (Wildman–Crippen MR) is 82.1 cm³/mol. The van der Waals surface area contributed by atoms with E-state index in [0.29, 0.717) is 6.04 Å². The van der Waals surface area contributed by atoms with Crippen molar-refractivity contribution < 1.29 is 9.53 Å². The van der Waals surface area contributed by atoms with Crippen LogP contribution in [-0.4, -0.2) is 33.2 Å². The highest BCUT2D eigenvalue weighted by Crippen LogP contribution is 2.36. The summed E-state index contributed by atoms with van der Waals surface area (Å²) < 4.78 is 7.69. The molecule has 0 atom stereocenters. The first-order chi connectivity index (χ1) is 9.63. The van der Waals surface area contributed by atoms with Gasteiger partial charge in [-0.15, -0.1) is 0 Å². The Morgan fingerprint density at radius 3 is 2.43 bits per heavy atom. The molecule has 1 saturated carbocycles. The van der Waals surface area contributed by atoms with E-state index in [9.17, 15) is 4.79 Å². The summed E-state index contributed by atoms with van der Waals surface area (Å²) in [6, 6.07) is 0.522. The molecular weight excluding hydrogens is 266 g/mol. The van der Waals surface area contributed by atoms with E-state index in [1.165, 1.54) is 19.3 Å². The highest BCUT2D eigenvalue weighted by atomic mass is 16.6. The van der Waals surface area contributed by atoms with Crippen molar-refractivity contribution in [3.8, 4) is 0 Å². The number of imidazole rings is 1. The van der Waals surface area contributed by atoms with E-state index in [0.717, 1.165) is 5.69 Å². The first-order valence-corrected chi connectivity index (χ1v) is 7.62. The number of hydrogen-bond acceptors (Lipinski definition) is 3. The number of aromatic nitrogens is 2. The van der Waals surface area contributed by atoms with E-state index in [4.69, 9.17) is 4.74 Å². The lowest BCUT2D eigenvalue weighted by Gasteiger charge is -2.39. The summed E-state index contributed by atoms with van der Waals surface area (Å²) in [4.78, 5) is 18.3. The van der Waals surface area contributed by atoms with Gasteiger partial charge in [0.1, 0.15) is 5.60 Å². The third kappa shape index (κ3) is 3.22. The molecule has 0 unspecified atom stereocenters. The summed E-state index contributed by atoms with van der Waals surface area (Å²) in [5.41, 5.74) is 0.102. The molecule has 5 heteroatoms. The number of carbonyl (C=O) groups excluding carboxylic acids is 1. The van der Waals surface area contributed by atoms with Crippen molar-refractivity contribution in [3.63, 3.8) is 0 Å². The van der Waals surface area contributed by atoms with Gasteiger partial charge in [-0.2, -0.15) is 0 Å². The van der Waals surface area contributed by atoms with Crippen molar-refractivity contribution in [2.75, 3.05) is 7.05 Å². The maximum atomic E-state index is 12.3. The summed E-state index contributed by atoms with van der Waals surface area (Å²) >= 11 is 0. The predicted octanol–water partition coefficient (Wildman–Crippen LogP) is 3.71. The molecule has 0 radical (unpaired) electrons. The second-order valence-electron chi connectivity index (χ2n) is 7.37. The SMILES string of the molecule is CN(C(=O)OC(C)(C)C)C(C)(C)c1cncn1C1CCC1. The Morgan fingerprint density at radius 2 is 1.95 bits per heavy atom. The smallest absolute Gasteiger partial charge is 0.410 e. The highest BCUT2D eigenvalue weighted by molar-refractivity contribution is 5.69. The summed E-state index contributed by atoms with van der Waals surface area (Å²) in [7, 11) is 1.78. The van der Waals surface area contributed by atoms with Gasteiger partial charge in [0.05, 0.1) is 23.8 Å². The van der Waals surface area contributed by atoms with Crippen molar-refractivity contribution in [1.82, 2.24) is 14.5 Å². The van der Waals surface area contributed by atoms with Crippen LogP contribution in [-0.2, 0) is 10.3 Å². The van der Waals surface area contributed by atoms with Crippen LogP contribution in [0.1, 0.15) is 65.6 Å². The van der Waals surface area contributed by atoms with Gasteiger partial charge in [0.25, 0.3) is 0 Å². The minimum atomic E-state index is -0.490. The summed E-state index contributed by atoms with van der Waals surface area (Å²) in [6.45, 7) is 9.70. The van der Waals surface area contributed by atoms with Crippen molar-refractivity contribution in [2.45, 2.75) is 71.1 Å². The highest BCUT2D eigenvalue weighted by Gasteiger charge is 2.36. The third-order valence-electron chi connectivity index (χ3n) is 4.27. The molecule has 1 heterocycles. The fraction of sp³-hybridized carbons (Fsp3) is 0.750. The van der Waals surface area contributed by atoms with Crippen LogP contribution in [0, 0.1) is 0 Å². The molecule has 1 amide bonds. The fourth-order valence-electron chi connectivity index (χ4n) is 2.46. The van der Waals surface area contributed by atoms with E-state index in [1.54, 1.807) is 11.9 Å². The Balaban J connectivity index is 2.20. The fourth-order valence-corrected chi connectivity index (χ4v) is 2.46. The molecule has 1 aliphatic carbocycles. The molecule has 0 spiro atoms. The van der Waals surface area contributed by atoms with Gasteiger partial charge in [0.2, 0.25) is 0 Å². The molecule has 5 nitrogen and oxygen atoms in total. The molecule has 1 aliphatic rings. The van der Waals surface area contributed by atoms with Crippen molar-refractivity contribution in [2.24, 2.45) is 0 Å². The van der Waals surface area contributed by atoms with Crippen LogP contribution in [0.5, 0.6) is 0 Å². The van der Waals surface area contributed by atoms with E-state index >= 15 is 0 Å². The second kappa shape index (κ2) is 5.35. The van der Waals surface area contributed by atoms with E-state index in [-0.39, 0.29) is 6.09 Å². The molecule has 0 N–H and O–H groups in total. The van der Waals surface area contributed by atoms with Gasteiger partial charge in [-0.05, 0) is 53.9 Å². The Labute approximate surface area is 127 Å². The zero-order valence-electron chi connectivity index (χ0n) is 14.0. The lowest BCUT2D eigenvalue weighted by Crippen LogP contribution is -2.46. The van der Waals surface area contributed by atoms with Gasteiger partial charge >= 0.3 is 6.09 Å². The van der Waals surface area contributed by atoms with Crippen molar-refractivity contribution in [1.29, 1.82) is 0 Å². The Kier molecular flexibility index (Phi) is 4.04. The normalized spacial score (nSPS) is 16.5. The van der Waals surface area contributed by atoms with Gasteiger partial charge in [0.15, 0.2) is 0 Å². The molecular formula is C16H27N3O2. The summed E-state index contributed by atoms with van der Waals surface area (Å²) in [5.74, 6) is 0. The number of nitrogens with zero attached hydrogens (tertiary/aromatic N) is 3. The van der Waals surface area contributed by atoms with Gasteiger partial charge in [-0.3, -0.25) is 0 Å². The van der Waals surface area contributed by atoms with E-state index < -0.39 is 11.1 Å². The van der Waals surface area contributed by atoms with Gasteiger partial charge in [0, 0.05) is 13.1 Å². The first kappa shape index (κ1) is 15.9. The molecule has 0 aliphatic heterocycles. The average Bonchev–Trinajstić information content (AvgIpc) is 2.72. The number of carbonyl (C=O) groups is 1. The second-order valence-corrected chi connectivity index (χ2v) is 7.37. The minimum Gasteiger partial charge on any atom is -0.444 e. The Morgan fingerprint density at radius 1 is 1.33 bits per heavy atom. The molecule has 1 aromatic heterocycles. The minimum absolute atomic E-state index is 0.311. The zero-order valence-corrected chi connectivity index (χ0v) is 14.0. The maximum Gasteiger partial charge on any atom is 0.410 e. The van der Waals surface area contributed by atoms with Crippen LogP contribution in [0.3, 0.4) is 0 Å². The maximum absolute atomic E-state index is 12.3. The number of hydrogen-bond donors (Lipinski definition) is 0. The standard InChI is InChI=1S/C16H27N3O2/c1-15(2,3)21-14(20)18(6)16(4,5)13-10-17-11-19(13)12-8-7-9-12/h10-12H,7-9H2,1-6H3. The quantitative estimate of drug-likeness (QED) is 0.853. The molecule has 0 aromatic carbocycles. The molecule has 1 aromatic rings. The van der Waals surface area contributed by atoms with Crippen LogP contribution in [0.4, 0.5) is 4.79 Å². The number of rotatable bonds is 3. The molecule has 21 heavy (non-hydrogen) atoms. The molecule has 118 valence electrons. The van der Waals surface area contributed by atoms with Gasteiger partial charge < -0.3 is 14.2 Å². The first-order valence-electron chi connectivity index (χ1n) is 7.62. The zero-order chi connectivity index (χ0) is 15.8. The topological polar surface area (TPSA) is 47.4 Å². The number of ether oxygens (including phenoxy) is 1. The molecule has 0 saturated heterocycles. The summed E-state index contributed by atoms with van der Waals surface area (Å²) in [5, 5.41) is 0. The Bertz CT molecular complexity index is 510. The van der Waals surface area contributed by atoms with Gasteiger partial charge in [-0.1, -0.05) is 0 Å². The number of amides is 1. The van der Waals surface area contributed by atoms with Gasteiger partial charge in [-0.25, -0.2) is 9.78 Å². The monoisotopic (exact) mass is 293 g/mol. The van der Waals surface area contributed by atoms with Crippen LogP contribution in [0.25, 0.3) is 0 Å². The van der Waals surface area contributed by atoms with Crippen molar-refractivity contribution in [3.05, 3.63) is 18.2 Å². The largest absolute Gasteiger partial charge is 0.444 e. The lowest BCUT2D eigenvalue weighted by atomic mass is 9.91. The lowest BCUT2D eigenvalue weighted by molar-refractivity contribution is 0.00864. The van der Waals surface area contributed by atoms with Crippen LogP contribution >= 0.6 is 0 Å². The molecule has 1 fully saturated rings. The van der Waals surface area contributed by atoms with Crippen LogP contribution < -0.4 is 0 Å². The molecule has 2 rings (SSSR count). The van der Waals surface area contributed by atoms with E-state index in [1.807, 2.05) is 47.1 Å². The van der Waals surface area contributed by atoms with Crippen molar-refractivity contribution >= 4 is 6.09 Å². The molecule has 0 bridgehead atoms. The van der Waals surface area contributed by atoms with E-state index in [2.05, 4.69) is 9.55 Å². The van der Waals surface area contributed by atoms with Crippen LogP contribution in [0.2, 0.25) is 0 Å². The summed E-state index contributed by atoms with van der Waals surface area (Å²) in [6.07, 6.45) is 7.08. The average molecular weight is 293 g/mol. The third-order valence-corrected chi connectivity index (χ3v) is 4.27. The Hall–Kier alpha value is -1.52. The van der Waals surface area contributed by atoms with Crippen LogP contribution in [0.15, 0.2) is 12.5 Å².